The third-order valence-electron chi connectivity index (χ3n) is 3.67. The van der Waals surface area contributed by atoms with Crippen LogP contribution in [0.1, 0.15) is 51.1 Å². The third-order valence-corrected chi connectivity index (χ3v) is 3.67. The van der Waals surface area contributed by atoms with E-state index in [1.807, 2.05) is 10.9 Å². The zero-order valence-electron chi connectivity index (χ0n) is 10.8. The zero-order valence-corrected chi connectivity index (χ0v) is 10.8. The van der Waals surface area contributed by atoms with Crippen LogP contribution in [-0.2, 0) is 6.54 Å². The van der Waals surface area contributed by atoms with Crippen molar-refractivity contribution in [3.05, 3.63) is 18.0 Å². The van der Waals surface area contributed by atoms with Crippen LogP contribution in [0.5, 0.6) is 0 Å². The molecule has 1 aliphatic carbocycles. The van der Waals surface area contributed by atoms with Gasteiger partial charge in [-0.05, 0) is 26.7 Å². The Bertz CT molecular complexity index is 350. The van der Waals surface area contributed by atoms with Crippen LogP contribution in [-0.4, -0.2) is 27.0 Å². The van der Waals surface area contributed by atoms with E-state index in [0.29, 0.717) is 0 Å². The molecule has 1 heterocycles. The van der Waals surface area contributed by atoms with Gasteiger partial charge in [0.25, 0.3) is 0 Å². The fourth-order valence-corrected chi connectivity index (χ4v) is 2.50. The van der Waals surface area contributed by atoms with Crippen LogP contribution in [0.4, 0.5) is 0 Å². The molecule has 3 atom stereocenters. The standard InChI is InChI=1S/C13H23N3O/c1-3-16-9-11(8-14-16)10(2)15-12-6-4-5-7-13(12)17/h8-10,12-13,15,17H,3-7H2,1-2H3. The van der Waals surface area contributed by atoms with Gasteiger partial charge < -0.3 is 10.4 Å². The second kappa shape index (κ2) is 5.65. The van der Waals surface area contributed by atoms with E-state index in [4.69, 9.17) is 0 Å². The van der Waals surface area contributed by atoms with Gasteiger partial charge in [-0.1, -0.05) is 12.8 Å². The highest BCUT2D eigenvalue weighted by molar-refractivity contribution is 5.09. The van der Waals surface area contributed by atoms with Crippen molar-refractivity contribution in [1.82, 2.24) is 15.1 Å². The Labute approximate surface area is 103 Å². The molecule has 1 aromatic heterocycles. The van der Waals surface area contributed by atoms with E-state index in [1.54, 1.807) is 0 Å². The first-order valence-corrected chi connectivity index (χ1v) is 6.67. The maximum Gasteiger partial charge on any atom is 0.0693 e. The van der Waals surface area contributed by atoms with Gasteiger partial charge in [-0.15, -0.1) is 0 Å². The molecule has 1 aliphatic rings. The molecular weight excluding hydrogens is 214 g/mol. The number of hydrogen-bond donors (Lipinski definition) is 2. The Hall–Kier alpha value is -0.870. The van der Waals surface area contributed by atoms with Crippen molar-refractivity contribution in [1.29, 1.82) is 0 Å². The van der Waals surface area contributed by atoms with Crippen molar-refractivity contribution in [3.8, 4) is 0 Å². The Kier molecular flexibility index (Phi) is 4.18. The van der Waals surface area contributed by atoms with Gasteiger partial charge >= 0.3 is 0 Å². The number of nitrogens with zero attached hydrogens (tertiary/aromatic N) is 2. The van der Waals surface area contributed by atoms with Crippen LogP contribution in [0.2, 0.25) is 0 Å². The number of aromatic nitrogens is 2. The van der Waals surface area contributed by atoms with Crippen molar-refractivity contribution >= 4 is 0 Å². The lowest BCUT2D eigenvalue weighted by Gasteiger charge is -2.30. The highest BCUT2D eigenvalue weighted by Crippen LogP contribution is 2.21. The lowest BCUT2D eigenvalue weighted by Crippen LogP contribution is -2.43. The summed E-state index contributed by atoms with van der Waals surface area (Å²) < 4.78 is 1.94. The molecule has 1 fully saturated rings. The topological polar surface area (TPSA) is 50.1 Å². The Morgan fingerprint density at radius 2 is 2.29 bits per heavy atom. The molecule has 96 valence electrons. The normalized spacial score (nSPS) is 27.0. The van der Waals surface area contributed by atoms with Crippen LogP contribution < -0.4 is 5.32 Å². The van der Waals surface area contributed by atoms with Crippen molar-refractivity contribution in [2.24, 2.45) is 0 Å². The Balaban J connectivity index is 1.93. The smallest absolute Gasteiger partial charge is 0.0693 e. The summed E-state index contributed by atoms with van der Waals surface area (Å²) in [4.78, 5) is 0. The summed E-state index contributed by atoms with van der Waals surface area (Å²) in [6.45, 7) is 5.12. The number of aryl methyl sites for hydroxylation is 1. The average Bonchev–Trinajstić information content (AvgIpc) is 2.81. The summed E-state index contributed by atoms with van der Waals surface area (Å²) in [5.74, 6) is 0. The number of rotatable bonds is 4. The molecule has 0 aliphatic heterocycles. The lowest BCUT2D eigenvalue weighted by atomic mass is 9.92. The first kappa shape index (κ1) is 12.6. The van der Waals surface area contributed by atoms with E-state index in [2.05, 4.69) is 30.5 Å². The summed E-state index contributed by atoms with van der Waals surface area (Å²) in [5, 5.41) is 17.7. The van der Waals surface area contributed by atoms with Gasteiger partial charge in [0.1, 0.15) is 0 Å². The van der Waals surface area contributed by atoms with Gasteiger partial charge in [0.2, 0.25) is 0 Å². The molecule has 1 aromatic rings. The van der Waals surface area contributed by atoms with Gasteiger partial charge in [-0.2, -0.15) is 5.10 Å². The van der Waals surface area contributed by atoms with Gasteiger partial charge in [0, 0.05) is 30.4 Å². The number of aliphatic hydroxyl groups is 1. The predicted octanol–water partition coefficient (Wildman–Crippen LogP) is 1.86. The van der Waals surface area contributed by atoms with Crippen LogP contribution in [0, 0.1) is 0 Å². The molecule has 17 heavy (non-hydrogen) atoms. The second-order valence-electron chi connectivity index (χ2n) is 4.98. The van der Waals surface area contributed by atoms with Crippen LogP contribution in [0.15, 0.2) is 12.4 Å². The highest BCUT2D eigenvalue weighted by Gasteiger charge is 2.24. The summed E-state index contributed by atoms with van der Waals surface area (Å²) in [6.07, 6.45) is 8.18. The molecule has 2 rings (SSSR count). The molecular formula is C13H23N3O. The average molecular weight is 237 g/mol. The summed E-state index contributed by atoms with van der Waals surface area (Å²) >= 11 is 0. The lowest BCUT2D eigenvalue weighted by molar-refractivity contribution is 0.0860. The van der Waals surface area contributed by atoms with Gasteiger partial charge in [-0.3, -0.25) is 4.68 Å². The molecule has 4 heteroatoms. The molecule has 0 saturated heterocycles. The summed E-state index contributed by atoms with van der Waals surface area (Å²) in [7, 11) is 0. The fourth-order valence-electron chi connectivity index (χ4n) is 2.50. The second-order valence-corrected chi connectivity index (χ2v) is 4.98. The minimum Gasteiger partial charge on any atom is -0.392 e. The van der Waals surface area contributed by atoms with Crippen molar-refractivity contribution < 1.29 is 5.11 Å². The van der Waals surface area contributed by atoms with Crippen LogP contribution in [0.3, 0.4) is 0 Å². The van der Waals surface area contributed by atoms with Crippen molar-refractivity contribution in [3.63, 3.8) is 0 Å². The van der Waals surface area contributed by atoms with Crippen LogP contribution in [0.25, 0.3) is 0 Å². The minimum atomic E-state index is -0.188. The molecule has 0 spiro atoms. The Morgan fingerprint density at radius 1 is 1.53 bits per heavy atom. The maximum absolute atomic E-state index is 9.93. The molecule has 4 nitrogen and oxygen atoms in total. The van der Waals surface area contributed by atoms with Crippen molar-refractivity contribution in [2.45, 2.75) is 64.3 Å². The van der Waals surface area contributed by atoms with E-state index >= 15 is 0 Å². The predicted molar refractivity (Wildman–Crippen MR) is 67.7 cm³/mol. The van der Waals surface area contributed by atoms with Gasteiger partial charge in [0.05, 0.1) is 12.3 Å². The number of nitrogens with one attached hydrogen (secondary N) is 1. The summed E-state index contributed by atoms with van der Waals surface area (Å²) in [5.41, 5.74) is 1.20. The SMILES string of the molecule is CCn1cc(C(C)NC2CCCCC2O)cn1. The number of aliphatic hydroxyl groups excluding tert-OH is 1. The molecule has 0 bridgehead atoms. The minimum absolute atomic E-state index is 0.188. The fraction of sp³-hybridized carbons (Fsp3) is 0.769. The monoisotopic (exact) mass is 237 g/mol. The van der Waals surface area contributed by atoms with Crippen molar-refractivity contribution in [2.75, 3.05) is 0 Å². The van der Waals surface area contributed by atoms with E-state index in [9.17, 15) is 5.11 Å². The largest absolute Gasteiger partial charge is 0.392 e. The summed E-state index contributed by atoms with van der Waals surface area (Å²) in [6, 6.07) is 0.497. The first-order valence-electron chi connectivity index (χ1n) is 6.67. The van der Waals surface area contributed by atoms with E-state index in [-0.39, 0.29) is 18.2 Å². The molecule has 0 aromatic carbocycles. The zero-order chi connectivity index (χ0) is 12.3. The Morgan fingerprint density at radius 3 is 2.94 bits per heavy atom. The molecule has 3 unspecified atom stereocenters. The maximum atomic E-state index is 9.93. The van der Waals surface area contributed by atoms with Gasteiger partial charge in [-0.25, -0.2) is 0 Å². The molecule has 0 amide bonds. The first-order chi connectivity index (χ1) is 8.20. The molecule has 1 saturated carbocycles. The van der Waals surface area contributed by atoms with E-state index in [0.717, 1.165) is 25.8 Å². The van der Waals surface area contributed by atoms with E-state index < -0.39 is 0 Å². The third kappa shape index (κ3) is 3.07. The van der Waals surface area contributed by atoms with Gasteiger partial charge in [0.15, 0.2) is 0 Å². The van der Waals surface area contributed by atoms with E-state index in [1.165, 1.54) is 12.0 Å². The van der Waals surface area contributed by atoms with Crippen LogP contribution >= 0.6 is 0 Å². The molecule has 2 N–H and O–H groups in total. The highest BCUT2D eigenvalue weighted by atomic mass is 16.3. The number of hydrogen-bond acceptors (Lipinski definition) is 3. The molecule has 0 radical (unpaired) electrons. The quantitative estimate of drug-likeness (QED) is 0.840.